The number of carbonyl (C=O) groups is 1. The van der Waals surface area contributed by atoms with Gasteiger partial charge in [-0.1, -0.05) is 24.3 Å². The van der Waals surface area contributed by atoms with Gasteiger partial charge in [0.1, 0.15) is 41.3 Å². The van der Waals surface area contributed by atoms with E-state index in [0.29, 0.717) is 27.9 Å². The number of amides is 1. The molecule has 0 spiro atoms. The first kappa shape index (κ1) is 30.1. The smallest absolute Gasteiger partial charge is 0.406 e. The standard InChI is InChI=1S/C28H25F5N6O3S/c1-3-10-39(17(2)27(41,14-38-16-34-15-35-38)21-9-6-19(29)11-22(21)30)25(40)23-12-37-13-24(43-26(37)36-23)18-4-7-20(8-5-18)42-28(31,32)33/h4-9,11-13,15-17,41H,3,10,14H2,1-2H3/t17-,27-/m1/s1. The van der Waals surface area contributed by atoms with Crippen LogP contribution in [0.5, 0.6) is 5.75 Å². The maximum Gasteiger partial charge on any atom is 0.573 e. The Morgan fingerprint density at radius 1 is 1.14 bits per heavy atom. The normalized spacial score (nSPS) is 14.0. The predicted octanol–water partition coefficient (Wildman–Crippen LogP) is 5.66. The summed E-state index contributed by atoms with van der Waals surface area (Å²) >= 11 is 1.21. The first-order chi connectivity index (χ1) is 20.4. The number of aromatic nitrogens is 5. The number of thiazole rings is 1. The van der Waals surface area contributed by atoms with Crippen molar-refractivity contribution in [2.24, 2.45) is 0 Å². The number of hydrogen-bond acceptors (Lipinski definition) is 7. The zero-order chi connectivity index (χ0) is 30.9. The van der Waals surface area contributed by atoms with E-state index in [9.17, 15) is 27.5 Å². The number of ether oxygens (including phenoxy) is 1. The van der Waals surface area contributed by atoms with Gasteiger partial charge in [0.15, 0.2) is 4.96 Å². The molecule has 0 bridgehead atoms. The average Bonchev–Trinajstić information content (AvgIpc) is 3.68. The van der Waals surface area contributed by atoms with Crippen LogP contribution >= 0.6 is 11.3 Å². The van der Waals surface area contributed by atoms with Crippen molar-refractivity contribution in [2.75, 3.05) is 6.54 Å². The molecule has 3 heterocycles. The fraction of sp³-hybridized carbons (Fsp3) is 0.286. The van der Waals surface area contributed by atoms with Crippen LogP contribution < -0.4 is 4.74 Å². The maximum absolute atomic E-state index is 15.1. The van der Waals surface area contributed by atoms with Crippen LogP contribution in [0.25, 0.3) is 15.4 Å². The molecule has 9 nitrogen and oxygen atoms in total. The number of benzene rings is 2. The second kappa shape index (κ2) is 11.7. The molecule has 0 saturated carbocycles. The van der Waals surface area contributed by atoms with E-state index in [2.05, 4.69) is 19.8 Å². The van der Waals surface area contributed by atoms with Crippen LogP contribution in [0.2, 0.25) is 0 Å². The van der Waals surface area contributed by atoms with Crippen LogP contribution in [-0.2, 0) is 12.1 Å². The van der Waals surface area contributed by atoms with Gasteiger partial charge in [-0.15, -0.1) is 13.2 Å². The molecule has 5 rings (SSSR count). The summed E-state index contributed by atoms with van der Waals surface area (Å²) in [6, 6.07) is 7.17. The highest BCUT2D eigenvalue weighted by molar-refractivity contribution is 7.20. The maximum atomic E-state index is 15.1. The van der Waals surface area contributed by atoms with Gasteiger partial charge in [0, 0.05) is 30.6 Å². The van der Waals surface area contributed by atoms with Crippen molar-refractivity contribution in [3.8, 4) is 16.2 Å². The molecule has 15 heteroatoms. The molecule has 5 aromatic rings. The molecule has 43 heavy (non-hydrogen) atoms. The van der Waals surface area contributed by atoms with Crippen LogP contribution in [0.15, 0.2) is 67.5 Å². The Morgan fingerprint density at radius 2 is 1.88 bits per heavy atom. The third-order valence-corrected chi connectivity index (χ3v) is 7.94. The minimum Gasteiger partial charge on any atom is -0.406 e. The molecule has 2 atom stereocenters. The molecular weight excluding hydrogens is 595 g/mol. The Hall–Kier alpha value is -4.37. The van der Waals surface area contributed by atoms with Crippen LogP contribution in [0.1, 0.15) is 36.3 Å². The Kier molecular flexibility index (Phi) is 8.21. The van der Waals surface area contributed by atoms with E-state index in [1.165, 1.54) is 64.0 Å². The van der Waals surface area contributed by atoms with Crippen molar-refractivity contribution in [1.29, 1.82) is 0 Å². The van der Waals surface area contributed by atoms with E-state index >= 15 is 4.39 Å². The third-order valence-electron chi connectivity index (χ3n) is 6.90. The summed E-state index contributed by atoms with van der Waals surface area (Å²) in [5, 5.41) is 16.0. The van der Waals surface area contributed by atoms with E-state index in [4.69, 9.17) is 0 Å². The monoisotopic (exact) mass is 620 g/mol. The molecule has 0 aliphatic heterocycles. The number of halogens is 5. The van der Waals surface area contributed by atoms with Gasteiger partial charge in [-0.05, 0) is 49.2 Å². The summed E-state index contributed by atoms with van der Waals surface area (Å²) in [6.07, 6.45) is 1.48. The SMILES string of the molecule is CCCN(C(=O)c1cn2cc(-c3ccc(OC(F)(F)F)cc3)sc2n1)[C@H](C)[C@](O)(Cn1cncn1)c1ccc(F)cc1F. The summed E-state index contributed by atoms with van der Waals surface area (Å²) in [4.78, 5) is 24.7. The largest absolute Gasteiger partial charge is 0.573 e. The van der Waals surface area contributed by atoms with Gasteiger partial charge in [0.25, 0.3) is 5.91 Å². The molecule has 0 aliphatic rings. The average molecular weight is 621 g/mol. The van der Waals surface area contributed by atoms with Gasteiger partial charge >= 0.3 is 6.36 Å². The summed E-state index contributed by atoms with van der Waals surface area (Å²) in [5.41, 5.74) is -1.57. The van der Waals surface area contributed by atoms with E-state index in [0.717, 1.165) is 12.1 Å². The molecule has 0 fully saturated rings. The number of fused-ring (bicyclic) bond motifs is 1. The molecule has 3 aromatic heterocycles. The highest BCUT2D eigenvalue weighted by Crippen LogP contribution is 2.35. The predicted molar refractivity (Wildman–Crippen MR) is 146 cm³/mol. The number of carbonyl (C=O) groups excluding carboxylic acids is 1. The van der Waals surface area contributed by atoms with Crippen LogP contribution in [-0.4, -0.2) is 59.0 Å². The lowest BCUT2D eigenvalue weighted by molar-refractivity contribution is -0.274. The Bertz CT molecular complexity index is 1690. The van der Waals surface area contributed by atoms with Gasteiger partial charge < -0.3 is 14.7 Å². The molecule has 2 aromatic carbocycles. The number of nitrogens with zero attached hydrogens (tertiary/aromatic N) is 6. The molecule has 0 unspecified atom stereocenters. The fourth-order valence-electron chi connectivity index (χ4n) is 4.81. The number of alkyl halides is 3. The van der Waals surface area contributed by atoms with Crippen molar-refractivity contribution in [3.05, 3.63) is 90.4 Å². The quantitative estimate of drug-likeness (QED) is 0.203. The topological polar surface area (TPSA) is 97.8 Å². The highest BCUT2D eigenvalue weighted by atomic mass is 32.1. The zero-order valence-electron chi connectivity index (χ0n) is 22.8. The van der Waals surface area contributed by atoms with Crippen molar-refractivity contribution >= 4 is 22.2 Å². The fourth-order valence-corrected chi connectivity index (χ4v) is 5.79. The number of imidazole rings is 1. The molecule has 1 amide bonds. The van der Waals surface area contributed by atoms with E-state index in [1.807, 2.05) is 6.92 Å². The summed E-state index contributed by atoms with van der Waals surface area (Å²) < 4.78 is 73.1. The highest BCUT2D eigenvalue weighted by Gasteiger charge is 2.44. The van der Waals surface area contributed by atoms with Crippen LogP contribution in [0.4, 0.5) is 22.0 Å². The van der Waals surface area contributed by atoms with Crippen molar-refractivity contribution < 1.29 is 36.6 Å². The van der Waals surface area contributed by atoms with Crippen molar-refractivity contribution in [2.45, 2.75) is 44.8 Å². The molecule has 0 radical (unpaired) electrons. The Labute approximate surface area is 245 Å². The van der Waals surface area contributed by atoms with Gasteiger partial charge in [0.05, 0.1) is 17.5 Å². The minimum absolute atomic E-state index is 0.0645. The van der Waals surface area contributed by atoms with E-state index < -0.39 is 35.5 Å². The number of rotatable bonds is 10. The molecule has 0 saturated heterocycles. The van der Waals surface area contributed by atoms with E-state index in [1.54, 1.807) is 17.5 Å². The lowest BCUT2D eigenvalue weighted by Gasteiger charge is -2.41. The van der Waals surface area contributed by atoms with Gasteiger partial charge in [0.2, 0.25) is 0 Å². The third kappa shape index (κ3) is 6.37. The molecular formula is C28H25F5N6O3S. The second-order valence-corrected chi connectivity index (χ2v) is 10.8. The van der Waals surface area contributed by atoms with Crippen molar-refractivity contribution in [3.63, 3.8) is 0 Å². The minimum atomic E-state index is -4.80. The van der Waals surface area contributed by atoms with Gasteiger partial charge in [-0.2, -0.15) is 5.10 Å². The van der Waals surface area contributed by atoms with Gasteiger partial charge in [-0.3, -0.25) is 9.20 Å². The zero-order valence-corrected chi connectivity index (χ0v) is 23.6. The first-order valence-electron chi connectivity index (χ1n) is 13.0. The lowest BCUT2D eigenvalue weighted by Crippen LogP contribution is -2.54. The van der Waals surface area contributed by atoms with Crippen LogP contribution in [0.3, 0.4) is 0 Å². The number of aliphatic hydroxyl groups is 1. The second-order valence-electron chi connectivity index (χ2n) is 9.80. The van der Waals surface area contributed by atoms with E-state index in [-0.39, 0.29) is 30.1 Å². The summed E-state index contributed by atoms with van der Waals surface area (Å²) in [6.45, 7) is 3.31. The van der Waals surface area contributed by atoms with Gasteiger partial charge in [-0.25, -0.2) is 23.4 Å². The molecule has 226 valence electrons. The Balaban J connectivity index is 1.44. The van der Waals surface area contributed by atoms with Crippen LogP contribution in [0, 0.1) is 11.6 Å². The van der Waals surface area contributed by atoms with Crippen molar-refractivity contribution in [1.82, 2.24) is 29.0 Å². The molecule has 0 aliphatic carbocycles. The Morgan fingerprint density at radius 3 is 2.49 bits per heavy atom. The summed E-state index contributed by atoms with van der Waals surface area (Å²) in [5.74, 6) is -2.67. The first-order valence-corrected chi connectivity index (χ1v) is 13.9. The molecule has 1 N–H and O–H groups in total. The lowest BCUT2D eigenvalue weighted by atomic mass is 9.85. The summed E-state index contributed by atoms with van der Waals surface area (Å²) in [7, 11) is 0. The number of hydrogen-bond donors (Lipinski definition) is 1.